The van der Waals surface area contributed by atoms with Gasteiger partial charge in [-0.3, -0.25) is 0 Å². The second-order valence-electron chi connectivity index (χ2n) is 7.03. The van der Waals surface area contributed by atoms with Gasteiger partial charge in [-0.15, -0.1) is 0 Å². The van der Waals surface area contributed by atoms with Gasteiger partial charge in [0.2, 0.25) is 0 Å². The molecule has 4 rings (SSSR count). The van der Waals surface area contributed by atoms with E-state index in [0.29, 0.717) is 0 Å². The van der Waals surface area contributed by atoms with E-state index in [0.717, 1.165) is 55.5 Å². The minimum absolute atomic E-state index is 0.883. The van der Waals surface area contributed by atoms with Crippen LogP contribution in [0.1, 0.15) is 32.1 Å². The van der Waals surface area contributed by atoms with Gasteiger partial charge in [-0.2, -0.15) is 5.10 Å². The predicted octanol–water partition coefficient (Wildman–Crippen LogP) is 2.16. The standard InChI is InChI=1S/C17H26N6/c1-21-8-10-22(11-9-21)16-15-12-20-23(17(15)19-13-18-16)7-6-14-4-2-3-5-14/h12-14H,2-11H2,1H3. The molecule has 2 aromatic heterocycles. The minimum atomic E-state index is 0.883. The molecule has 0 bridgehead atoms. The number of aryl methyl sites for hydroxylation is 1. The van der Waals surface area contributed by atoms with Crippen molar-refractivity contribution in [1.29, 1.82) is 0 Å². The van der Waals surface area contributed by atoms with Gasteiger partial charge in [0.1, 0.15) is 12.1 Å². The van der Waals surface area contributed by atoms with Crippen molar-refractivity contribution in [3.63, 3.8) is 0 Å². The van der Waals surface area contributed by atoms with Crippen LogP contribution in [0, 0.1) is 5.92 Å². The van der Waals surface area contributed by atoms with E-state index in [4.69, 9.17) is 0 Å². The average Bonchev–Trinajstić information content (AvgIpc) is 3.23. The van der Waals surface area contributed by atoms with E-state index >= 15 is 0 Å². The van der Waals surface area contributed by atoms with E-state index in [9.17, 15) is 0 Å². The number of nitrogens with zero attached hydrogens (tertiary/aromatic N) is 6. The fraction of sp³-hybridized carbons (Fsp3) is 0.706. The van der Waals surface area contributed by atoms with Gasteiger partial charge in [0.05, 0.1) is 11.6 Å². The summed E-state index contributed by atoms with van der Waals surface area (Å²) in [5.41, 5.74) is 0.993. The zero-order valence-corrected chi connectivity index (χ0v) is 14.0. The van der Waals surface area contributed by atoms with Crippen molar-refractivity contribution >= 4 is 16.9 Å². The van der Waals surface area contributed by atoms with Crippen LogP contribution in [-0.2, 0) is 6.54 Å². The molecule has 3 heterocycles. The Morgan fingerprint density at radius 3 is 2.65 bits per heavy atom. The zero-order chi connectivity index (χ0) is 15.6. The number of likely N-dealkylation sites (N-methyl/N-ethyl adjacent to an activating group) is 1. The third kappa shape index (κ3) is 3.04. The molecule has 6 heteroatoms. The van der Waals surface area contributed by atoms with Crippen LogP contribution in [0.5, 0.6) is 0 Å². The lowest BCUT2D eigenvalue weighted by Gasteiger charge is -2.33. The van der Waals surface area contributed by atoms with Crippen LogP contribution in [0.3, 0.4) is 0 Å². The van der Waals surface area contributed by atoms with Crippen LogP contribution >= 0.6 is 0 Å². The second-order valence-corrected chi connectivity index (χ2v) is 7.03. The van der Waals surface area contributed by atoms with Gasteiger partial charge in [0.25, 0.3) is 0 Å². The quantitative estimate of drug-likeness (QED) is 0.865. The summed E-state index contributed by atoms with van der Waals surface area (Å²) in [6.45, 7) is 5.20. The third-order valence-corrected chi connectivity index (χ3v) is 5.44. The summed E-state index contributed by atoms with van der Waals surface area (Å²) in [6, 6.07) is 0. The van der Waals surface area contributed by atoms with Crippen molar-refractivity contribution in [2.75, 3.05) is 38.1 Å². The Morgan fingerprint density at radius 1 is 1.09 bits per heavy atom. The number of aromatic nitrogens is 4. The van der Waals surface area contributed by atoms with Gasteiger partial charge in [-0.1, -0.05) is 25.7 Å². The first-order valence-electron chi connectivity index (χ1n) is 8.91. The van der Waals surface area contributed by atoms with Crippen LogP contribution in [-0.4, -0.2) is 57.9 Å². The highest BCUT2D eigenvalue weighted by molar-refractivity contribution is 5.86. The Bertz CT molecular complexity index is 652. The number of hydrogen-bond acceptors (Lipinski definition) is 5. The molecular formula is C17H26N6. The molecule has 0 atom stereocenters. The number of fused-ring (bicyclic) bond motifs is 1. The maximum absolute atomic E-state index is 4.60. The molecule has 6 nitrogen and oxygen atoms in total. The van der Waals surface area contributed by atoms with Crippen molar-refractivity contribution in [1.82, 2.24) is 24.6 Å². The lowest BCUT2D eigenvalue weighted by atomic mass is 10.0. The molecule has 1 aliphatic carbocycles. The molecule has 23 heavy (non-hydrogen) atoms. The SMILES string of the molecule is CN1CCN(c2ncnc3c2cnn3CCC2CCCC2)CC1. The number of rotatable bonds is 4. The summed E-state index contributed by atoms with van der Waals surface area (Å²) >= 11 is 0. The molecule has 0 spiro atoms. The van der Waals surface area contributed by atoms with Crippen LogP contribution in [0.4, 0.5) is 5.82 Å². The topological polar surface area (TPSA) is 50.1 Å². The molecule has 0 aromatic carbocycles. The highest BCUT2D eigenvalue weighted by Crippen LogP contribution is 2.29. The smallest absolute Gasteiger partial charge is 0.163 e. The van der Waals surface area contributed by atoms with Crippen LogP contribution in [0.25, 0.3) is 11.0 Å². The Labute approximate surface area is 137 Å². The van der Waals surface area contributed by atoms with Crippen LogP contribution in [0.2, 0.25) is 0 Å². The van der Waals surface area contributed by atoms with Crippen molar-refractivity contribution in [2.45, 2.75) is 38.6 Å². The first kappa shape index (κ1) is 14.9. The van der Waals surface area contributed by atoms with Crippen LogP contribution in [0.15, 0.2) is 12.5 Å². The molecular weight excluding hydrogens is 288 g/mol. The summed E-state index contributed by atoms with van der Waals surface area (Å²) in [5, 5.41) is 5.70. The van der Waals surface area contributed by atoms with E-state index in [1.165, 1.54) is 32.1 Å². The molecule has 1 saturated carbocycles. The summed E-state index contributed by atoms with van der Waals surface area (Å²) < 4.78 is 2.08. The Morgan fingerprint density at radius 2 is 1.87 bits per heavy atom. The fourth-order valence-corrected chi connectivity index (χ4v) is 3.92. The molecule has 0 N–H and O–H groups in total. The number of piperazine rings is 1. The van der Waals surface area contributed by atoms with Gasteiger partial charge in [-0.25, -0.2) is 14.6 Å². The number of anilines is 1. The van der Waals surface area contributed by atoms with E-state index in [1.807, 2.05) is 6.20 Å². The minimum Gasteiger partial charge on any atom is -0.353 e. The Balaban J connectivity index is 1.53. The monoisotopic (exact) mass is 314 g/mol. The van der Waals surface area contributed by atoms with Crippen molar-refractivity contribution in [3.8, 4) is 0 Å². The highest BCUT2D eigenvalue weighted by Gasteiger charge is 2.20. The molecule has 2 aromatic rings. The predicted molar refractivity (Wildman–Crippen MR) is 91.6 cm³/mol. The van der Waals surface area contributed by atoms with Gasteiger partial charge in [0.15, 0.2) is 5.65 Å². The first-order chi connectivity index (χ1) is 11.3. The molecule has 1 aliphatic heterocycles. The van der Waals surface area contributed by atoms with Crippen LogP contribution < -0.4 is 4.90 Å². The normalized spacial score (nSPS) is 20.7. The molecule has 0 unspecified atom stereocenters. The average molecular weight is 314 g/mol. The number of hydrogen-bond donors (Lipinski definition) is 0. The maximum atomic E-state index is 4.60. The van der Waals surface area contributed by atoms with Gasteiger partial charge >= 0.3 is 0 Å². The summed E-state index contributed by atoms with van der Waals surface area (Å²) in [7, 11) is 2.17. The van der Waals surface area contributed by atoms with Crippen molar-refractivity contribution in [2.24, 2.45) is 5.92 Å². The Kier molecular flexibility index (Phi) is 4.16. The van der Waals surface area contributed by atoms with Gasteiger partial charge in [0, 0.05) is 32.7 Å². The summed E-state index contributed by atoms with van der Waals surface area (Å²) in [6.07, 6.45) is 10.5. The lowest BCUT2D eigenvalue weighted by Crippen LogP contribution is -2.44. The highest BCUT2D eigenvalue weighted by atomic mass is 15.3. The fourth-order valence-electron chi connectivity index (χ4n) is 3.92. The summed E-state index contributed by atoms with van der Waals surface area (Å²) in [4.78, 5) is 13.8. The maximum Gasteiger partial charge on any atom is 0.163 e. The molecule has 2 fully saturated rings. The molecule has 0 radical (unpaired) electrons. The van der Waals surface area contributed by atoms with E-state index in [2.05, 4.69) is 36.6 Å². The Hall–Kier alpha value is -1.69. The largest absolute Gasteiger partial charge is 0.353 e. The van der Waals surface area contributed by atoms with Crippen molar-refractivity contribution < 1.29 is 0 Å². The van der Waals surface area contributed by atoms with Crippen molar-refractivity contribution in [3.05, 3.63) is 12.5 Å². The van der Waals surface area contributed by atoms with E-state index in [1.54, 1.807) is 6.33 Å². The van der Waals surface area contributed by atoms with E-state index < -0.39 is 0 Å². The molecule has 0 amide bonds. The van der Waals surface area contributed by atoms with Gasteiger partial charge < -0.3 is 9.80 Å². The second kappa shape index (κ2) is 6.43. The molecule has 1 saturated heterocycles. The summed E-state index contributed by atoms with van der Waals surface area (Å²) in [5.74, 6) is 1.93. The molecule has 124 valence electrons. The lowest BCUT2D eigenvalue weighted by molar-refractivity contribution is 0.312. The van der Waals surface area contributed by atoms with E-state index in [-0.39, 0.29) is 0 Å². The zero-order valence-electron chi connectivity index (χ0n) is 14.0. The molecule has 2 aliphatic rings. The van der Waals surface area contributed by atoms with Gasteiger partial charge in [-0.05, 0) is 19.4 Å². The first-order valence-corrected chi connectivity index (χ1v) is 8.91. The third-order valence-electron chi connectivity index (χ3n) is 5.44.